The lowest BCUT2D eigenvalue weighted by Crippen LogP contribution is -2.19. The molecule has 2 aromatic carbocycles. The first-order valence-corrected chi connectivity index (χ1v) is 12.8. The molecule has 0 bridgehead atoms. The van der Waals surface area contributed by atoms with Gasteiger partial charge in [0.1, 0.15) is 5.75 Å². The number of anilines is 1. The van der Waals surface area contributed by atoms with Gasteiger partial charge in [-0.2, -0.15) is 0 Å². The Morgan fingerprint density at radius 1 is 1.15 bits per heavy atom. The molecule has 0 saturated carbocycles. The molecule has 1 amide bonds. The number of aromatic nitrogens is 3. The second-order valence-corrected chi connectivity index (χ2v) is 9.22. The van der Waals surface area contributed by atoms with Gasteiger partial charge in [0.25, 0.3) is 0 Å². The monoisotopic (exact) mass is 480 g/mol. The fraction of sp³-hybridized carbons (Fsp3) is 0.423. The lowest BCUT2D eigenvalue weighted by molar-refractivity contribution is -0.113. The van der Waals surface area contributed by atoms with Crippen molar-refractivity contribution in [2.45, 2.75) is 57.3 Å². The van der Waals surface area contributed by atoms with E-state index in [-0.39, 0.29) is 17.8 Å². The molecule has 2 heterocycles. The minimum Gasteiger partial charge on any atom is -0.497 e. The summed E-state index contributed by atoms with van der Waals surface area (Å²) in [6, 6.07) is 14.0. The zero-order chi connectivity index (χ0) is 23.9. The molecule has 1 aliphatic rings. The Bertz CT molecular complexity index is 1090. The first kappa shape index (κ1) is 24.3. The Balaban J connectivity index is 1.52. The summed E-state index contributed by atoms with van der Waals surface area (Å²) in [5.41, 5.74) is 4.20. The number of aryl methyl sites for hydroxylation is 2. The summed E-state index contributed by atoms with van der Waals surface area (Å²) in [5.74, 6) is 1.77. The highest BCUT2D eigenvalue weighted by atomic mass is 32.2. The molecule has 1 atom stereocenters. The fourth-order valence-electron chi connectivity index (χ4n) is 4.21. The van der Waals surface area contributed by atoms with Crippen LogP contribution in [-0.4, -0.2) is 46.2 Å². The van der Waals surface area contributed by atoms with Gasteiger partial charge < -0.3 is 14.8 Å². The summed E-state index contributed by atoms with van der Waals surface area (Å²) in [6.45, 7) is 5.66. The van der Waals surface area contributed by atoms with Gasteiger partial charge in [-0.15, -0.1) is 10.2 Å². The number of carbonyl (C=O) groups is 1. The van der Waals surface area contributed by atoms with Crippen molar-refractivity contribution in [3.05, 3.63) is 53.6 Å². The van der Waals surface area contributed by atoms with Crippen molar-refractivity contribution in [3.63, 3.8) is 0 Å². The molecule has 4 rings (SSSR count). The quantitative estimate of drug-likeness (QED) is 0.412. The summed E-state index contributed by atoms with van der Waals surface area (Å²) in [7, 11) is 1.65. The Kier molecular flexibility index (Phi) is 8.24. The van der Waals surface area contributed by atoms with Crippen LogP contribution >= 0.6 is 11.8 Å². The molecule has 0 radical (unpaired) electrons. The molecular weight excluding hydrogens is 448 g/mol. The summed E-state index contributed by atoms with van der Waals surface area (Å²) < 4.78 is 13.2. The number of rotatable bonds is 10. The van der Waals surface area contributed by atoms with Gasteiger partial charge in [0.15, 0.2) is 11.0 Å². The zero-order valence-corrected chi connectivity index (χ0v) is 20.9. The highest BCUT2D eigenvalue weighted by Gasteiger charge is 2.22. The Morgan fingerprint density at radius 3 is 2.50 bits per heavy atom. The standard InChI is InChI=1S/C26H32N4O3S/c1-4-18-8-6-9-19(5-2)24(18)27-23(31)17-34-26-29-28-25(20-11-13-21(32-3)14-12-20)30(26)16-22-10-7-15-33-22/h6,8-9,11-14,22H,4-5,7,10,15-17H2,1-3H3,(H,27,31). The summed E-state index contributed by atoms with van der Waals surface area (Å²) >= 11 is 1.40. The topological polar surface area (TPSA) is 78.3 Å². The van der Waals surface area contributed by atoms with Crippen LogP contribution in [0.1, 0.15) is 37.8 Å². The van der Waals surface area contributed by atoms with E-state index >= 15 is 0 Å². The van der Waals surface area contributed by atoms with Gasteiger partial charge in [-0.3, -0.25) is 9.36 Å². The van der Waals surface area contributed by atoms with Gasteiger partial charge >= 0.3 is 0 Å². The minimum atomic E-state index is -0.0433. The van der Waals surface area contributed by atoms with E-state index < -0.39 is 0 Å². The Hall–Kier alpha value is -2.84. The summed E-state index contributed by atoms with van der Waals surface area (Å²) in [6.07, 6.45) is 3.95. The fourth-order valence-corrected chi connectivity index (χ4v) is 4.96. The van der Waals surface area contributed by atoms with E-state index in [2.05, 4.69) is 52.1 Å². The largest absolute Gasteiger partial charge is 0.497 e. The van der Waals surface area contributed by atoms with Crippen molar-refractivity contribution in [1.82, 2.24) is 14.8 Å². The SMILES string of the molecule is CCc1cccc(CC)c1NC(=O)CSc1nnc(-c2ccc(OC)cc2)n1CC1CCCO1. The van der Waals surface area contributed by atoms with Gasteiger partial charge in [0.2, 0.25) is 5.91 Å². The number of amides is 1. The van der Waals surface area contributed by atoms with Crippen LogP contribution in [0.3, 0.4) is 0 Å². The van der Waals surface area contributed by atoms with E-state index in [1.165, 1.54) is 11.8 Å². The van der Waals surface area contributed by atoms with E-state index in [1.54, 1.807) is 7.11 Å². The van der Waals surface area contributed by atoms with Crippen LogP contribution in [-0.2, 0) is 28.9 Å². The number of hydrogen-bond donors (Lipinski definition) is 1. The van der Waals surface area contributed by atoms with Gasteiger partial charge in [0.05, 0.1) is 25.5 Å². The molecule has 1 aliphatic heterocycles. The number of methoxy groups -OCH3 is 1. The summed E-state index contributed by atoms with van der Waals surface area (Å²) in [5, 5.41) is 12.8. The number of nitrogens with one attached hydrogen (secondary N) is 1. The first-order chi connectivity index (χ1) is 16.6. The molecule has 1 fully saturated rings. The number of thioether (sulfide) groups is 1. The smallest absolute Gasteiger partial charge is 0.234 e. The van der Waals surface area contributed by atoms with Crippen LogP contribution < -0.4 is 10.1 Å². The molecule has 1 saturated heterocycles. The number of hydrogen-bond acceptors (Lipinski definition) is 6. The maximum Gasteiger partial charge on any atom is 0.234 e. The van der Waals surface area contributed by atoms with E-state index in [4.69, 9.17) is 9.47 Å². The van der Waals surface area contributed by atoms with Crippen LogP contribution in [0.4, 0.5) is 5.69 Å². The van der Waals surface area contributed by atoms with Crippen molar-refractivity contribution < 1.29 is 14.3 Å². The number of benzene rings is 2. The average Bonchev–Trinajstić information content (AvgIpc) is 3.53. The third-order valence-corrected chi connectivity index (χ3v) is 7.04. The second kappa shape index (κ2) is 11.5. The van der Waals surface area contributed by atoms with Gasteiger partial charge in [-0.1, -0.05) is 43.8 Å². The van der Waals surface area contributed by atoms with Crippen LogP contribution in [0.25, 0.3) is 11.4 Å². The molecule has 1 unspecified atom stereocenters. The van der Waals surface area contributed by atoms with Crippen molar-refractivity contribution >= 4 is 23.4 Å². The molecular formula is C26H32N4O3S. The number of para-hydroxylation sites is 1. The number of carbonyl (C=O) groups excluding carboxylic acids is 1. The normalized spacial score (nSPS) is 15.4. The van der Waals surface area contributed by atoms with E-state index in [0.717, 1.165) is 71.4 Å². The van der Waals surface area contributed by atoms with E-state index in [9.17, 15) is 4.79 Å². The molecule has 180 valence electrons. The zero-order valence-electron chi connectivity index (χ0n) is 20.0. The summed E-state index contributed by atoms with van der Waals surface area (Å²) in [4.78, 5) is 12.9. The van der Waals surface area contributed by atoms with E-state index in [1.807, 2.05) is 24.3 Å². The number of nitrogens with zero attached hydrogens (tertiary/aromatic N) is 3. The average molecular weight is 481 g/mol. The molecule has 0 aliphatic carbocycles. The Morgan fingerprint density at radius 2 is 1.88 bits per heavy atom. The third-order valence-electron chi connectivity index (χ3n) is 6.07. The molecule has 3 aromatic rings. The van der Waals surface area contributed by atoms with Crippen LogP contribution in [0, 0.1) is 0 Å². The first-order valence-electron chi connectivity index (χ1n) is 11.9. The van der Waals surface area contributed by atoms with Crippen molar-refractivity contribution in [2.75, 3.05) is 24.8 Å². The van der Waals surface area contributed by atoms with Crippen molar-refractivity contribution in [1.29, 1.82) is 0 Å². The lowest BCUT2D eigenvalue weighted by atomic mass is 10.0. The highest BCUT2D eigenvalue weighted by Crippen LogP contribution is 2.28. The third kappa shape index (κ3) is 5.62. The van der Waals surface area contributed by atoms with Crippen LogP contribution in [0.2, 0.25) is 0 Å². The van der Waals surface area contributed by atoms with Crippen LogP contribution in [0.15, 0.2) is 47.6 Å². The molecule has 0 spiro atoms. The molecule has 1 N–H and O–H groups in total. The van der Waals surface area contributed by atoms with Gasteiger partial charge in [-0.25, -0.2) is 0 Å². The maximum atomic E-state index is 12.9. The molecule has 7 nitrogen and oxygen atoms in total. The van der Waals surface area contributed by atoms with Crippen molar-refractivity contribution in [3.8, 4) is 17.1 Å². The molecule has 34 heavy (non-hydrogen) atoms. The predicted octanol–water partition coefficient (Wildman–Crippen LogP) is 4.99. The maximum absolute atomic E-state index is 12.9. The Labute approximate surface area is 205 Å². The minimum absolute atomic E-state index is 0.0433. The number of ether oxygens (including phenoxy) is 2. The van der Waals surface area contributed by atoms with E-state index in [0.29, 0.717) is 6.54 Å². The van der Waals surface area contributed by atoms with Gasteiger partial charge in [0, 0.05) is 17.9 Å². The van der Waals surface area contributed by atoms with Crippen LogP contribution in [0.5, 0.6) is 5.75 Å². The highest BCUT2D eigenvalue weighted by molar-refractivity contribution is 7.99. The van der Waals surface area contributed by atoms with Crippen molar-refractivity contribution in [2.24, 2.45) is 0 Å². The second-order valence-electron chi connectivity index (χ2n) is 8.28. The predicted molar refractivity (Wildman–Crippen MR) is 136 cm³/mol. The molecule has 1 aromatic heterocycles. The van der Waals surface area contributed by atoms with Gasteiger partial charge in [-0.05, 0) is 61.1 Å². The lowest BCUT2D eigenvalue weighted by Gasteiger charge is -2.16. The molecule has 8 heteroatoms.